The molecule has 6 heteroatoms. The number of anilines is 1. The number of nitrogens with one attached hydrogen (secondary N) is 1. The first-order valence-corrected chi connectivity index (χ1v) is 10.1. The highest BCUT2D eigenvalue weighted by Crippen LogP contribution is 2.32. The Morgan fingerprint density at radius 2 is 2.00 bits per heavy atom. The van der Waals surface area contributed by atoms with Gasteiger partial charge in [-0.3, -0.25) is 4.79 Å². The van der Waals surface area contributed by atoms with E-state index in [1.54, 1.807) is 11.3 Å². The highest BCUT2D eigenvalue weighted by atomic mass is 32.1. The number of fused-ring (bicyclic) bond motifs is 1. The summed E-state index contributed by atoms with van der Waals surface area (Å²) < 4.78 is 1.24. The summed E-state index contributed by atoms with van der Waals surface area (Å²) in [5.74, 6) is 0.546. The third-order valence-corrected chi connectivity index (χ3v) is 6.64. The van der Waals surface area contributed by atoms with Crippen molar-refractivity contribution in [1.29, 1.82) is 0 Å². The number of benzene rings is 1. The van der Waals surface area contributed by atoms with Crippen LogP contribution in [0.1, 0.15) is 25.7 Å². The van der Waals surface area contributed by atoms with Crippen LogP contribution in [0.5, 0.6) is 0 Å². The van der Waals surface area contributed by atoms with Crippen molar-refractivity contribution in [3.8, 4) is 0 Å². The molecule has 2 aliphatic rings. The number of rotatable bonds is 3. The van der Waals surface area contributed by atoms with Crippen molar-refractivity contribution < 1.29 is 4.79 Å². The van der Waals surface area contributed by atoms with Gasteiger partial charge in [-0.25, -0.2) is 4.98 Å². The molecule has 1 aromatic carbocycles. The number of likely N-dealkylation sites (tertiary alicyclic amines) is 1. The smallest absolute Gasteiger partial charge is 0.225 e. The molecule has 1 N–H and O–H groups in total. The molecule has 3 heterocycles. The van der Waals surface area contributed by atoms with E-state index in [0.29, 0.717) is 11.9 Å². The normalized spacial score (nSPS) is 22.5. The van der Waals surface area contributed by atoms with Crippen molar-refractivity contribution in [1.82, 2.24) is 15.2 Å². The Hall–Kier alpha value is -1.66. The Kier molecular flexibility index (Phi) is 4.90. The van der Waals surface area contributed by atoms with Crippen molar-refractivity contribution in [2.75, 3.05) is 38.1 Å². The van der Waals surface area contributed by atoms with Crippen LogP contribution in [0.4, 0.5) is 5.13 Å². The summed E-state index contributed by atoms with van der Waals surface area (Å²) in [6.45, 7) is 3.65. The fourth-order valence-corrected chi connectivity index (χ4v) is 5.00. The predicted molar refractivity (Wildman–Crippen MR) is 103 cm³/mol. The molecule has 5 nitrogen and oxygen atoms in total. The van der Waals surface area contributed by atoms with Crippen LogP contribution < -0.4 is 10.2 Å². The molecule has 1 amide bonds. The van der Waals surface area contributed by atoms with E-state index in [-0.39, 0.29) is 5.92 Å². The summed E-state index contributed by atoms with van der Waals surface area (Å²) in [6.07, 6.45) is 4.17. The molecule has 2 aliphatic heterocycles. The zero-order valence-corrected chi connectivity index (χ0v) is 15.6. The van der Waals surface area contributed by atoms with Crippen LogP contribution in [-0.2, 0) is 4.79 Å². The van der Waals surface area contributed by atoms with Gasteiger partial charge >= 0.3 is 0 Å². The molecule has 0 aliphatic carbocycles. The maximum Gasteiger partial charge on any atom is 0.225 e. The van der Waals surface area contributed by atoms with Crippen LogP contribution in [0.15, 0.2) is 24.3 Å². The number of hydrogen-bond acceptors (Lipinski definition) is 5. The van der Waals surface area contributed by atoms with E-state index in [1.165, 1.54) is 11.1 Å². The largest absolute Gasteiger partial charge is 0.348 e. The molecule has 0 bridgehead atoms. The fourth-order valence-electron chi connectivity index (χ4n) is 3.98. The fraction of sp³-hybridized carbons (Fsp3) is 0.579. The number of nitrogens with zero attached hydrogens (tertiary/aromatic N) is 3. The standard InChI is InChI=1S/C19H26N4OS/c1-20-15-5-4-10-23(13-15)18(24)14-8-11-22(12-9-14)19-21-16-6-2-3-7-17(16)25-19/h2-3,6-7,14-15,20H,4-5,8-13H2,1H3. The number of para-hydroxylation sites is 1. The number of aromatic nitrogens is 1. The van der Waals surface area contributed by atoms with Gasteiger partial charge in [-0.2, -0.15) is 0 Å². The molecular weight excluding hydrogens is 332 g/mol. The summed E-state index contributed by atoms with van der Waals surface area (Å²) in [7, 11) is 2.00. The summed E-state index contributed by atoms with van der Waals surface area (Å²) in [4.78, 5) is 22.1. The van der Waals surface area contributed by atoms with E-state index < -0.39 is 0 Å². The van der Waals surface area contributed by atoms with Crippen LogP contribution in [0.25, 0.3) is 10.2 Å². The minimum atomic E-state index is 0.182. The first-order valence-electron chi connectivity index (χ1n) is 9.31. The molecule has 25 heavy (non-hydrogen) atoms. The molecule has 4 rings (SSSR count). The molecule has 2 fully saturated rings. The average Bonchev–Trinajstić information content (AvgIpc) is 3.12. The van der Waals surface area contributed by atoms with Crippen molar-refractivity contribution in [2.24, 2.45) is 5.92 Å². The number of thiazole rings is 1. The van der Waals surface area contributed by atoms with Gasteiger partial charge in [0, 0.05) is 38.1 Å². The molecule has 0 radical (unpaired) electrons. The van der Waals surface area contributed by atoms with Gasteiger partial charge in [-0.1, -0.05) is 23.5 Å². The topological polar surface area (TPSA) is 48.5 Å². The van der Waals surface area contributed by atoms with Gasteiger partial charge in [0.1, 0.15) is 0 Å². The van der Waals surface area contributed by atoms with Crippen LogP contribution in [0.3, 0.4) is 0 Å². The number of amides is 1. The number of likely N-dealkylation sites (N-methyl/N-ethyl adjacent to an activating group) is 1. The molecule has 2 saturated heterocycles. The molecule has 2 aromatic rings. The lowest BCUT2D eigenvalue weighted by Crippen LogP contribution is -2.50. The Morgan fingerprint density at radius 1 is 1.20 bits per heavy atom. The second-order valence-corrected chi connectivity index (χ2v) is 8.15. The lowest BCUT2D eigenvalue weighted by Gasteiger charge is -2.37. The van der Waals surface area contributed by atoms with Gasteiger partial charge in [0.05, 0.1) is 10.2 Å². The maximum absolute atomic E-state index is 12.9. The molecule has 1 unspecified atom stereocenters. The van der Waals surface area contributed by atoms with Crippen LogP contribution >= 0.6 is 11.3 Å². The summed E-state index contributed by atoms with van der Waals surface area (Å²) in [5, 5.41) is 4.42. The molecule has 1 atom stereocenters. The van der Waals surface area contributed by atoms with Gasteiger partial charge in [0.2, 0.25) is 5.91 Å². The van der Waals surface area contributed by atoms with Crippen molar-refractivity contribution in [3.05, 3.63) is 24.3 Å². The average molecular weight is 359 g/mol. The van der Waals surface area contributed by atoms with E-state index >= 15 is 0 Å². The summed E-state index contributed by atoms with van der Waals surface area (Å²) in [5.41, 5.74) is 1.08. The van der Waals surface area contributed by atoms with Crippen LogP contribution in [-0.4, -0.2) is 55.1 Å². The van der Waals surface area contributed by atoms with E-state index in [0.717, 1.165) is 56.1 Å². The molecule has 134 valence electrons. The number of piperidine rings is 2. The van der Waals surface area contributed by atoms with Gasteiger partial charge in [0.25, 0.3) is 0 Å². The van der Waals surface area contributed by atoms with Crippen molar-refractivity contribution in [3.63, 3.8) is 0 Å². The van der Waals surface area contributed by atoms with Crippen molar-refractivity contribution in [2.45, 2.75) is 31.7 Å². The SMILES string of the molecule is CNC1CCCN(C(=O)C2CCN(c3nc4ccccc4s3)CC2)C1. The second kappa shape index (κ2) is 7.30. The highest BCUT2D eigenvalue weighted by Gasteiger charge is 2.31. The van der Waals surface area contributed by atoms with Crippen LogP contribution in [0.2, 0.25) is 0 Å². The number of hydrogen-bond donors (Lipinski definition) is 1. The Morgan fingerprint density at radius 3 is 2.76 bits per heavy atom. The maximum atomic E-state index is 12.9. The van der Waals surface area contributed by atoms with Gasteiger partial charge in [-0.05, 0) is 44.9 Å². The van der Waals surface area contributed by atoms with Crippen LogP contribution in [0, 0.1) is 5.92 Å². The quantitative estimate of drug-likeness (QED) is 0.917. The minimum absolute atomic E-state index is 0.182. The zero-order valence-electron chi connectivity index (χ0n) is 14.8. The molecule has 0 spiro atoms. The lowest BCUT2D eigenvalue weighted by molar-refractivity contribution is -0.137. The van der Waals surface area contributed by atoms with E-state index in [9.17, 15) is 4.79 Å². The summed E-state index contributed by atoms with van der Waals surface area (Å²) in [6, 6.07) is 8.75. The first-order chi connectivity index (χ1) is 12.2. The first kappa shape index (κ1) is 16.8. The molecular formula is C19H26N4OS. The van der Waals surface area contributed by atoms with Gasteiger partial charge in [-0.15, -0.1) is 0 Å². The minimum Gasteiger partial charge on any atom is -0.348 e. The third kappa shape index (κ3) is 3.51. The van der Waals surface area contributed by atoms with Gasteiger partial charge in [0.15, 0.2) is 5.13 Å². The van der Waals surface area contributed by atoms with Gasteiger partial charge < -0.3 is 15.1 Å². The number of carbonyl (C=O) groups excluding carboxylic acids is 1. The predicted octanol–water partition coefficient (Wildman–Crippen LogP) is 2.72. The second-order valence-electron chi connectivity index (χ2n) is 7.14. The summed E-state index contributed by atoms with van der Waals surface area (Å²) >= 11 is 1.76. The van der Waals surface area contributed by atoms with E-state index in [2.05, 4.69) is 33.3 Å². The van der Waals surface area contributed by atoms with E-state index in [1.807, 2.05) is 13.1 Å². The highest BCUT2D eigenvalue weighted by molar-refractivity contribution is 7.22. The third-order valence-electron chi connectivity index (χ3n) is 5.54. The Bertz CT molecular complexity index is 705. The van der Waals surface area contributed by atoms with Crippen molar-refractivity contribution >= 4 is 32.6 Å². The van der Waals surface area contributed by atoms with E-state index in [4.69, 9.17) is 4.98 Å². The zero-order chi connectivity index (χ0) is 17.2. The number of carbonyl (C=O) groups is 1. The Labute approximate surface area is 153 Å². The monoisotopic (exact) mass is 358 g/mol. The lowest BCUT2D eigenvalue weighted by atomic mass is 9.94. The Balaban J connectivity index is 1.37. The molecule has 1 aromatic heterocycles. The molecule has 0 saturated carbocycles.